The highest BCUT2D eigenvalue weighted by molar-refractivity contribution is 6.31. The van der Waals surface area contributed by atoms with E-state index in [-0.39, 0.29) is 6.04 Å². The summed E-state index contributed by atoms with van der Waals surface area (Å²) in [6, 6.07) is 13.7. The summed E-state index contributed by atoms with van der Waals surface area (Å²) < 4.78 is 5.80. The van der Waals surface area contributed by atoms with E-state index < -0.39 is 0 Å². The van der Waals surface area contributed by atoms with Gasteiger partial charge in [0.05, 0.1) is 0 Å². The van der Waals surface area contributed by atoms with E-state index in [1.807, 2.05) is 31.2 Å². The van der Waals surface area contributed by atoms with Crippen LogP contribution in [0.5, 0.6) is 11.5 Å². The summed E-state index contributed by atoms with van der Waals surface area (Å²) in [5.41, 5.74) is 8.09. The van der Waals surface area contributed by atoms with Crippen LogP contribution in [0.3, 0.4) is 0 Å². The van der Waals surface area contributed by atoms with Crippen molar-refractivity contribution < 1.29 is 4.74 Å². The molecular formula is C17H20ClNO. The molecule has 0 fully saturated rings. The lowest BCUT2D eigenvalue weighted by molar-refractivity contribution is 0.482. The Balaban J connectivity index is 2.11. The standard InChI is InChI=1S/C17H20ClNO/c1-3-4-13-5-7-14(8-6-13)20-15-9-10-16(12(2)19)17(18)11-15/h5-12H,3-4,19H2,1-2H3. The number of benzene rings is 2. The molecular weight excluding hydrogens is 270 g/mol. The molecule has 2 rings (SSSR count). The minimum absolute atomic E-state index is 0.0788. The highest BCUT2D eigenvalue weighted by Gasteiger charge is 2.07. The molecule has 0 spiro atoms. The summed E-state index contributed by atoms with van der Waals surface area (Å²) in [5, 5.41) is 0.639. The first-order chi connectivity index (χ1) is 9.60. The molecule has 0 aliphatic heterocycles. The quantitative estimate of drug-likeness (QED) is 0.830. The summed E-state index contributed by atoms with van der Waals surface area (Å²) in [6.07, 6.45) is 2.24. The molecule has 2 nitrogen and oxygen atoms in total. The molecule has 0 radical (unpaired) electrons. The molecule has 3 heteroatoms. The van der Waals surface area contributed by atoms with Crippen molar-refractivity contribution in [2.75, 3.05) is 0 Å². The third-order valence-electron chi connectivity index (χ3n) is 3.16. The van der Waals surface area contributed by atoms with Gasteiger partial charge in [-0.05, 0) is 48.7 Å². The van der Waals surface area contributed by atoms with Gasteiger partial charge in [-0.15, -0.1) is 0 Å². The minimum Gasteiger partial charge on any atom is -0.457 e. The molecule has 2 N–H and O–H groups in total. The average Bonchev–Trinajstić information content (AvgIpc) is 2.41. The van der Waals surface area contributed by atoms with Gasteiger partial charge < -0.3 is 10.5 Å². The van der Waals surface area contributed by atoms with E-state index in [1.165, 1.54) is 5.56 Å². The highest BCUT2D eigenvalue weighted by atomic mass is 35.5. The molecule has 2 aromatic carbocycles. The Morgan fingerprint density at radius 1 is 1.10 bits per heavy atom. The number of nitrogens with two attached hydrogens (primary N) is 1. The van der Waals surface area contributed by atoms with Gasteiger partial charge in [0.15, 0.2) is 0 Å². The first kappa shape index (κ1) is 14.9. The lowest BCUT2D eigenvalue weighted by Gasteiger charge is -2.11. The summed E-state index contributed by atoms with van der Waals surface area (Å²) >= 11 is 6.20. The van der Waals surface area contributed by atoms with Gasteiger partial charge >= 0.3 is 0 Å². The van der Waals surface area contributed by atoms with E-state index in [2.05, 4.69) is 19.1 Å². The van der Waals surface area contributed by atoms with Crippen molar-refractivity contribution >= 4 is 11.6 Å². The maximum atomic E-state index is 6.20. The Hall–Kier alpha value is -1.51. The van der Waals surface area contributed by atoms with E-state index in [1.54, 1.807) is 6.07 Å². The van der Waals surface area contributed by atoms with Crippen molar-refractivity contribution in [3.63, 3.8) is 0 Å². The van der Waals surface area contributed by atoms with Crippen LogP contribution >= 0.6 is 11.6 Å². The highest BCUT2D eigenvalue weighted by Crippen LogP contribution is 2.29. The first-order valence-electron chi connectivity index (χ1n) is 6.92. The Morgan fingerprint density at radius 3 is 2.30 bits per heavy atom. The fourth-order valence-electron chi connectivity index (χ4n) is 2.09. The smallest absolute Gasteiger partial charge is 0.128 e. The lowest BCUT2D eigenvalue weighted by Crippen LogP contribution is -2.05. The molecule has 0 amide bonds. The maximum Gasteiger partial charge on any atom is 0.128 e. The molecule has 0 aliphatic rings. The van der Waals surface area contributed by atoms with Gasteiger partial charge in [0.2, 0.25) is 0 Å². The van der Waals surface area contributed by atoms with Crippen LogP contribution in [-0.4, -0.2) is 0 Å². The number of rotatable bonds is 5. The molecule has 0 saturated carbocycles. The number of halogens is 1. The fourth-order valence-corrected chi connectivity index (χ4v) is 2.43. The first-order valence-corrected chi connectivity index (χ1v) is 7.29. The second-order valence-electron chi connectivity index (χ2n) is 4.97. The van der Waals surface area contributed by atoms with Crippen molar-refractivity contribution in [3.8, 4) is 11.5 Å². The van der Waals surface area contributed by atoms with E-state index in [0.29, 0.717) is 5.02 Å². The van der Waals surface area contributed by atoms with Crippen molar-refractivity contribution in [1.29, 1.82) is 0 Å². The third-order valence-corrected chi connectivity index (χ3v) is 3.49. The largest absolute Gasteiger partial charge is 0.457 e. The Kier molecular flexibility index (Phi) is 5.05. The molecule has 0 aromatic heterocycles. The molecule has 1 atom stereocenters. The van der Waals surface area contributed by atoms with E-state index >= 15 is 0 Å². The number of aryl methyl sites for hydroxylation is 1. The second kappa shape index (κ2) is 6.78. The van der Waals surface area contributed by atoms with Crippen molar-refractivity contribution in [2.24, 2.45) is 5.73 Å². The minimum atomic E-state index is -0.0788. The topological polar surface area (TPSA) is 35.2 Å². The molecule has 2 aromatic rings. The molecule has 1 unspecified atom stereocenters. The zero-order chi connectivity index (χ0) is 14.5. The summed E-state index contributed by atoms with van der Waals surface area (Å²) in [5.74, 6) is 1.54. The Morgan fingerprint density at radius 2 is 1.75 bits per heavy atom. The predicted molar refractivity (Wildman–Crippen MR) is 84.6 cm³/mol. The Bertz CT molecular complexity index is 564. The van der Waals surface area contributed by atoms with Crippen LogP contribution in [0.15, 0.2) is 42.5 Å². The zero-order valence-electron chi connectivity index (χ0n) is 11.9. The molecule has 0 saturated heterocycles. The van der Waals surface area contributed by atoms with Gasteiger partial charge in [-0.3, -0.25) is 0 Å². The summed E-state index contributed by atoms with van der Waals surface area (Å²) in [4.78, 5) is 0. The van der Waals surface area contributed by atoms with Gasteiger partial charge in [0.25, 0.3) is 0 Å². The van der Waals surface area contributed by atoms with Crippen LogP contribution in [0.2, 0.25) is 5.02 Å². The van der Waals surface area contributed by atoms with E-state index in [9.17, 15) is 0 Å². The SMILES string of the molecule is CCCc1ccc(Oc2ccc(C(C)N)c(Cl)c2)cc1. The second-order valence-corrected chi connectivity index (χ2v) is 5.38. The molecule has 0 bridgehead atoms. The number of ether oxygens (including phenoxy) is 1. The maximum absolute atomic E-state index is 6.20. The summed E-state index contributed by atoms with van der Waals surface area (Å²) in [7, 11) is 0. The predicted octanol–water partition coefficient (Wildman–Crippen LogP) is 5.10. The lowest BCUT2D eigenvalue weighted by atomic mass is 10.1. The normalized spacial score (nSPS) is 12.2. The monoisotopic (exact) mass is 289 g/mol. The van der Waals surface area contributed by atoms with Crippen molar-refractivity contribution in [1.82, 2.24) is 0 Å². The van der Waals surface area contributed by atoms with Gasteiger partial charge in [-0.1, -0.05) is 43.1 Å². The van der Waals surface area contributed by atoms with Crippen molar-refractivity contribution in [3.05, 3.63) is 58.6 Å². The van der Waals surface area contributed by atoms with Crippen LogP contribution in [0.25, 0.3) is 0 Å². The van der Waals surface area contributed by atoms with Crippen LogP contribution < -0.4 is 10.5 Å². The van der Waals surface area contributed by atoms with Gasteiger partial charge in [0.1, 0.15) is 11.5 Å². The Labute approximate surface area is 125 Å². The fraction of sp³-hybridized carbons (Fsp3) is 0.294. The van der Waals surface area contributed by atoms with Gasteiger partial charge in [-0.25, -0.2) is 0 Å². The van der Waals surface area contributed by atoms with Crippen molar-refractivity contribution in [2.45, 2.75) is 32.7 Å². The summed E-state index contributed by atoms with van der Waals surface area (Å²) in [6.45, 7) is 4.08. The van der Waals surface area contributed by atoms with Gasteiger partial charge in [0, 0.05) is 11.1 Å². The number of hydrogen-bond donors (Lipinski definition) is 1. The molecule has 106 valence electrons. The van der Waals surface area contributed by atoms with Crippen LogP contribution in [-0.2, 0) is 6.42 Å². The molecule has 20 heavy (non-hydrogen) atoms. The van der Waals surface area contributed by atoms with E-state index in [4.69, 9.17) is 22.1 Å². The van der Waals surface area contributed by atoms with Crippen LogP contribution in [0.4, 0.5) is 0 Å². The molecule has 0 heterocycles. The van der Waals surface area contributed by atoms with Crippen LogP contribution in [0.1, 0.15) is 37.4 Å². The number of hydrogen-bond acceptors (Lipinski definition) is 2. The molecule has 0 aliphatic carbocycles. The average molecular weight is 290 g/mol. The van der Waals surface area contributed by atoms with E-state index in [0.717, 1.165) is 29.9 Å². The van der Waals surface area contributed by atoms with Crippen LogP contribution in [0, 0.1) is 0 Å². The van der Waals surface area contributed by atoms with Gasteiger partial charge in [-0.2, -0.15) is 0 Å². The zero-order valence-corrected chi connectivity index (χ0v) is 12.7. The third kappa shape index (κ3) is 3.75.